The largest absolute Gasteiger partial charge is 0.484 e. The topological polar surface area (TPSA) is 56.1 Å². The molecule has 3 aromatic rings. The van der Waals surface area contributed by atoms with Gasteiger partial charge >= 0.3 is 0 Å². The van der Waals surface area contributed by atoms with Crippen LogP contribution in [0.5, 0.6) is 5.75 Å². The Morgan fingerprint density at radius 1 is 1.18 bits per heavy atom. The summed E-state index contributed by atoms with van der Waals surface area (Å²) in [6.45, 7) is 6.35. The van der Waals surface area contributed by atoms with Crippen LogP contribution < -0.4 is 10.1 Å². The van der Waals surface area contributed by atoms with E-state index in [1.165, 1.54) is 11.1 Å². The van der Waals surface area contributed by atoms with Crippen LogP contribution in [0.25, 0.3) is 0 Å². The second-order valence-electron chi connectivity index (χ2n) is 7.27. The zero-order valence-corrected chi connectivity index (χ0v) is 16.8. The van der Waals surface area contributed by atoms with E-state index in [0.29, 0.717) is 11.7 Å². The fourth-order valence-corrected chi connectivity index (χ4v) is 3.34. The molecule has 0 bridgehead atoms. The molecule has 0 aliphatic carbocycles. The summed E-state index contributed by atoms with van der Waals surface area (Å²) in [7, 11) is 1.92. The first-order valence-electron chi connectivity index (χ1n) is 9.50. The minimum absolute atomic E-state index is 0.0474. The fraction of sp³-hybridized carbons (Fsp3) is 0.304. The first-order valence-corrected chi connectivity index (χ1v) is 9.50. The molecule has 0 aliphatic heterocycles. The zero-order chi connectivity index (χ0) is 20.1. The van der Waals surface area contributed by atoms with Gasteiger partial charge in [-0.15, -0.1) is 0 Å². The lowest BCUT2D eigenvalue weighted by Gasteiger charge is -2.19. The van der Waals surface area contributed by atoms with Gasteiger partial charge in [-0.1, -0.05) is 50.2 Å². The molecule has 3 rings (SSSR count). The molecular formula is C23H27N3O2. The lowest BCUT2D eigenvalue weighted by molar-refractivity contribution is -0.123. The van der Waals surface area contributed by atoms with Crippen molar-refractivity contribution < 1.29 is 9.53 Å². The average Bonchev–Trinajstić information content (AvgIpc) is 3.10. The maximum absolute atomic E-state index is 12.6. The van der Waals surface area contributed by atoms with Gasteiger partial charge in [0.2, 0.25) is 0 Å². The number of amides is 1. The third kappa shape index (κ3) is 4.60. The maximum atomic E-state index is 12.6. The second kappa shape index (κ2) is 8.74. The Balaban J connectivity index is 1.69. The first kappa shape index (κ1) is 19.7. The SMILES string of the molecule is Cc1cc(OCC(=O)N[C@H](c2ccccc2)c2nccn2C)ccc1C(C)C. The van der Waals surface area contributed by atoms with E-state index in [-0.39, 0.29) is 18.6 Å². The predicted octanol–water partition coefficient (Wildman–Crippen LogP) is 4.14. The van der Waals surface area contributed by atoms with E-state index in [4.69, 9.17) is 4.74 Å². The highest BCUT2D eigenvalue weighted by Crippen LogP contribution is 2.24. The molecule has 146 valence electrons. The molecule has 0 unspecified atom stereocenters. The number of hydrogen-bond donors (Lipinski definition) is 1. The zero-order valence-electron chi connectivity index (χ0n) is 16.8. The van der Waals surface area contributed by atoms with Gasteiger partial charge in [0.15, 0.2) is 6.61 Å². The smallest absolute Gasteiger partial charge is 0.258 e. The van der Waals surface area contributed by atoms with Crippen molar-refractivity contribution in [3.63, 3.8) is 0 Å². The van der Waals surface area contributed by atoms with Crippen molar-refractivity contribution in [3.05, 3.63) is 83.4 Å². The van der Waals surface area contributed by atoms with Crippen LogP contribution in [0.15, 0.2) is 60.9 Å². The Bertz CT molecular complexity index is 932. The van der Waals surface area contributed by atoms with Gasteiger partial charge in [0, 0.05) is 19.4 Å². The molecule has 1 heterocycles. The molecule has 0 fully saturated rings. The van der Waals surface area contributed by atoms with Crippen molar-refractivity contribution in [1.82, 2.24) is 14.9 Å². The molecular weight excluding hydrogens is 350 g/mol. The van der Waals surface area contributed by atoms with E-state index < -0.39 is 0 Å². The van der Waals surface area contributed by atoms with E-state index >= 15 is 0 Å². The number of carbonyl (C=O) groups excluding carboxylic acids is 1. The van der Waals surface area contributed by atoms with Crippen LogP contribution in [0.2, 0.25) is 0 Å². The van der Waals surface area contributed by atoms with Gasteiger partial charge < -0.3 is 14.6 Å². The van der Waals surface area contributed by atoms with Gasteiger partial charge in [0.25, 0.3) is 5.91 Å². The van der Waals surface area contributed by atoms with Crippen LogP contribution in [0.4, 0.5) is 0 Å². The molecule has 1 amide bonds. The maximum Gasteiger partial charge on any atom is 0.258 e. The van der Waals surface area contributed by atoms with Gasteiger partial charge in [-0.25, -0.2) is 4.98 Å². The van der Waals surface area contributed by atoms with Gasteiger partial charge in [-0.2, -0.15) is 0 Å². The molecule has 5 nitrogen and oxygen atoms in total. The third-order valence-electron chi connectivity index (χ3n) is 4.79. The molecule has 1 atom stereocenters. The normalized spacial score (nSPS) is 12.0. The molecule has 0 radical (unpaired) electrons. The van der Waals surface area contributed by atoms with E-state index in [2.05, 4.69) is 37.1 Å². The number of aromatic nitrogens is 2. The van der Waals surface area contributed by atoms with Crippen LogP contribution in [-0.2, 0) is 11.8 Å². The van der Waals surface area contributed by atoms with Gasteiger partial charge in [0.1, 0.15) is 17.6 Å². The Morgan fingerprint density at radius 3 is 2.54 bits per heavy atom. The highest BCUT2D eigenvalue weighted by molar-refractivity contribution is 5.78. The minimum Gasteiger partial charge on any atom is -0.484 e. The lowest BCUT2D eigenvalue weighted by atomic mass is 9.98. The number of nitrogens with one attached hydrogen (secondary N) is 1. The summed E-state index contributed by atoms with van der Waals surface area (Å²) in [5, 5.41) is 3.04. The van der Waals surface area contributed by atoms with E-state index in [1.54, 1.807) is 6.20 Å². The highest BCUT2D eigenvalue weighted by atomic mass is 16.5. The number of carbonyl (C=O) groups is 1. The molecule has 0 aliphatic rings. The van der Waals surface area contributed by atoms with Crippen molar-refractivity contribution in [2.75, 3.05) is 6.61 Å². The number of ether oxygens (including phenoxy) is 1. The Morgan fingerprint density at radius 2 is 1.93 bits per heavy atom. The molecule has 28 heavy (non-hydrogen) atoms. The quantitative estimate of drug-likeness (QED) is 0.673. The van der Waals surface area contributed by atoms with Gasteiger partial charge in [-0.3, -0.25) is 4.79 Å². The summed E-state index contributed by atoms with van der Waals surface area (Å²) >= 11 is 0. The summed E-state index contributed by atoms with van der Waals surface area (Å²) in [6, 6.07) is 15.4. The Kier molecular flexibility index (Phi) is 6.14. The van der Waals surface area contributed by atoms with Crippen molar-refractivity contribution in [2.24, 2.45) is 7.05 Å². The number of aryl methyl sites for hydroxylation is 2. The monoisotopic (exact) mass is 377 g/mol. The first-order chi connectivity index (χ1) is 13.5. The Hall–Kier alpha value is -3.08. The summed E-state index contributed by atoms with van der Waals surface area (Å²) < 4.78 is 7.64. The molecule has 0 saturated carbocycles. The summed E-state index contributed by atoms with van der Waals surface area (Å²) in [4.78, 5) is 17.0. The van der Waals surface area contributed by atoms with E-state index in [9.17, 15) is 4.79 Å². The predicted molar refractivity (Wildman–Crippen MR) is 110 cm³/mol. The molecule has 5 heteroatoms. The third-order valence-corrected chi connectivity index (χ3v) is 4.79. The standard InChI is InChI=1S/C23H27N3O2/c1-16(2)20-11-10-19(14-17(20)3)28-15-21(27)25-22(18-8-6-5-7-9-18)23-24-12-13-26(23)4/h5-14,16,22H,15H2,1-4H3,(H,25,27)/t22-/m1/s1. The van der Waals surface area contributed by atoms with Crippen molar-refractivity contribution in [1.29, 1.82) is 0 Å². The van der Waals surface area contributed by atoms with Crippen LogP contribution in [0, 0.1) is 6.92 Å². The van der Waals surface area contributed by atoms with Crippen LogP contribution >= 0.6 is 0 Å². The highest BCUT2D eigenvalue weighted by Gasteiger charge is 2.20. The molecule has 1 N–H and O–H groups in total. The van der Waals surface area contributed by atoms with Crippen molar-refractivity contribution in [2.45, 2.75) is 32.7 Å². The molecule has 0 saturated heterocycles. The van der Waals surface area contributed by atoms with E-state index in [1.807, 2.05) is 60.3 Å². The number of benzene rings is 2. The average molecular weight is 377 g/mol. The number of nitrogens with zero attached hydrogens (tertiary/aromatic N) is 2. The molecule has 1 aromatic heterocycles. The van der Waals surface area contributed by atoms with Gasteiger partial charge in [0.05, 0.1) is 0 Å². The van der Waals surface area contributed by atoms with Gasteiger partial charge in [-0.05, 0) is 41.7 Å². The minimum atomic E-state index is -0.331. The fourth-order valence-electron chi connectivity index (χ4n) is 3.34. The van der Waals surface area contributed by atoms with E-state index in [0.717, 1.165) is 11.4 Å². The lowest BCUT2D eigenvalue weighted by Crippen LogP contribution is -2.34. The van der Waals surface area contributed by atoms with Crippen LogP contribution in [0.3, 0.4) is 0 Å². The summed E-state index contributed by atoms with van der Waals surface area (Å²) in [5.41, 5.74) is 3.43. The number of rotatable bonds is 7. The molecule has 2 aromatic carbocycles. The van der Waals surface area contributed by atoms with Crippen LogP contribution in [-0.4, -0.2) is 22.1 Å². The number of imidazole rings is 1. The molecule has 0 spiro atoms. The number of hydrogen-bond acceptors (Lipinski definition) is 3. The van der Waals surface area contributed by atoms with Crippen LogP contribution in [0.1, 0.15) is 48.3 Å². The van der Waals surface area contributed by atoms with Crippen molar-refractivity contribution >= 4 is 5.91 Å². The Labute approximate surface area is 166 Å². The van der Waals surface area contributed by atoms with Crippen molar-refractivity contribution in [3.8, 4) is 5.75 Å². The summed E-state index contributed by atoms with van der Waals surface area (Å²) in [5.74, 6) is 1.74. The second-order valence-corrected chi connectivity index (χ2v) is 7.27. The summed E-state index contributed by atoms with van der Waals surface area (Å²) in [6.07, 6.45) is 3.60.